The molecule has 0 spiro atoms. The minimum atomic E-state index is -0.157. The van der Waals surface area contributed by atoms with E-state index in [0.717, 1.165) is 12.8 Å². The molecule has 1 unspecified atom stereocenters. The fraction of sp³-hybridized carbons (Fsp3) is 0.875. The third-order valence-corrected chi connectivity index (χ3v) is 2.73. The summed E-state index contributed by atoms with van der Waals surface area (Å²) in [5.41, 5.74) is 0. The number of hydrogen-bond donors (Lipinski definition) is 0. The zero-order valence-electron chi connectivity index (χ0n) is 7.25. The van der Waals surface area contributed by atoms with E-state index in [9.17, 15) is 0 Å². The zero-order chi connectivity index (χ0) is 8.69. The predicted octanol–water partition coefficient (Wildman–Crippen LogP) is 4.53. The SMILES string of the molecule is CCCCCCC(Cl)[C-](Cl)Cl.[Ti]. The second kappa shape index (κ2) is 10.7. The van der Waals surface area contributed by atoms with Crippen LogP contribution < -0.4 is 0 Å². The molecule has 0 fully saturated rings. The molecule has 4 heteroatoms. The summed E-state index contributed by atoms with van der Waals surface area (Å²) in [7, 11) is 0. The molecule has 0 saturated carbocycles. The number of alkyl halides is 1. The van der Waals surface area contributed by atoms with Crippen LogP contribution in [0.15, 0.2) is 0 Å². The van der Waals surface area contributed by atoms with Crippen molar-refractivity contribution < 1.29 is 21.7 Å². The van der Waals surface area contributed by atoms with Crippen LogP contribution >= 0.6 is 34.8 Å². The van der Waals surface area contributed by atoms with Crippen molar-refractivity contribution in [3.8, 4) is 0 Å². The van der Waals surface area contributed by atoms with E-state index < -0.39 is 0 Å². The van der Waals surface area contributed by atoms with E-state index in [4.69, 9.17) is 34.8 Å². The summed E-state index contributed by atoms with van der Waals surface area (Å²) in [4.78, 5) is 0.295. The molecule has 0 heterocycles. The molecule has 0 N–H and O–H groups in total. The van der Waals surface area contributed by atoms with Gasteiger partial charge in [0.1, 0.15) is 0 Å². The van der Waals surface area contributed by atoms with Crippen molar-refractivity contribution in [2.75, 3.05) is 0 Å². The molecule has 0 aliphatic carbocycles. The Labute approximate surface area is 105 Å². The van der Waals surface area contributed by atoms with E-state index >= 15 is 0 Å². The molecule has 0 nitrogen and oxygen atoms in total. The maximum Gasteiger partial charge on any atom is 0 e. The standard InChI is InChI=1S/C8H14Cl3.Ti/c1-2-3-4-5-6-7(9)8(10)11;/h7H,2-6H2,1H3;/q-1;. The van der Waals surface area contributed by atoms with E-state index in [2.05, 4.69) is 6.92 Å². The first-order valence-electron chi connectivity index (χ1n) is 4.00. The second-order valence-corrected chi connectivity index (χ2v) is 4.14. The van der Waals surface area contributed by atoms with Gasteiger partial charge in [-0.2, -0.15) is 11.6 Å². The fourth-order valence-electron chi connectivity index (χ4n) is 0.859. The van der Waals surface area contributed by atoms with Gasteiger partial charge in [0.05, 0.1) is 0 Å². The minimum absolute atomic E-state index is 0. The Bertz CT molecular complexity index is 88.4. The maximum atomic E-state index is 5.79. The van der Waals surface area contributed by atoms with Gasteiger partial charge in [0, 0.05) is 21.7 Å². The van der Waals surface area contributed by atoms with Crippen LogP contribution in [0.25, 0.3) is 0 Å². The summed E-state index contributed by atoms with van der Waals surface area (Å²) in [6.45, 7) is 2.18. The fourth-order valence-corrected chi connectivity index (χ4v) is 1.23. The summed E-state index contributed by atoms with van der Waals surface area (Å²) >= 11 is 16.8. The summed E-state index contributed by atoms with van der Waals surface area (Å²) in [5.74, 6) is 0. The number of hydrogen-bond acceptors (Lipinski definition) is 0. The molecular formula is C8H14Cl3Ti-. The average Bonchev–Trinajstić information content (AvgIpc) is 1.97. The molecule has 0 aliphatic rings. The maximum absolute atomic E-state index is 5.79. The smallest absolute Gasteiger partial charge is 0 e. The molecule has 0 bridgehead atoms. The van der Waals surface area contributed by atoms with E-state index in [1.165, 1.54) is 19.3 Å². The van der Waals surface area contributed by atoms with Crippen LogP contribution in [-0.4, -0.2) is 5.38 Å². The summed E-state index contributed by atoms with van der Waals surface area (Å²) in [6, 6.07) is 0. The molecule has 12 heavy (non-hydrogen) atoms. The third-order valence-electron chi connectivity index (χ3n) is 1.55. The van der Waals surface area contributed by atoms with Crippen LogP contribution in [0.3, 0.4) is 0 Å². The van der Waals surface area contributed by atoms with Crippen LogP contribution in [0.2, 0.25) is 0 Å². The van der Waals surface area contributed by atoms with E-state index in [1.807, 2.05) is 0 Å². The molecular weight excluding hydrogens is 250 g/mol. The van der Waals surface area contributed by atoms with Gasteiger partial charge in [-0.3, -0.25) is 0 Å². The molecule has 0 aromatic carbocycles. The summed E-state index contributed by atoms with van der Waals surface area (Å²) in [6.07, 6.45) is 5.74. The Morgan fingerprint density at radius 3 is 2.17 bits per heavy atom. The van der Waals surface area contributed by atoms with Crippen LogP contribution in [-0.2, 0) is 21.7 Å². The molecule has 0 saturated heterocycles. The first kappa shape index (κ1) is 16.0. The average molecular weight is 264 g/mol. The Morgan fingerprint density at radius 2 is 1.75 bits per heavy atom. The van der Waals surface area contributed by atoms with Crippen molar-refractivity contribution >= 4 is 34.8 Å². The van der Waals surface area contributed by atoms with Crippen LogP contribution in [0.1, 0.15) is 39.0 Å². The molecule has 0 aliphatic heterocycles. The van der Waals surface area contributed by atoms with Gasteiger partial charge < -0.3 is 23.2 Å². The monoisotopic (exact) mass is 263 g/mol. The van der Waals surface area contributed by atoms with Gasteiger partial charge in [-0.05, 0) is 0 Å². The van der Waals surface area contributed by atoms with Crippen molar-refractivity contribution in [3.63, 3.8) is 0 Å². The topological polar surface area (TPSA) is 0 Å². The van der Waals surface area contributed by atoms with Gasteiger partial charge in [-0.1, -0.05) is 44.4 Å². The number of rotatable bonds is 6. The molecule has 0 amide bonds. The molecule has 0 aromatic rings. The Hall–Kier alpha value is 1.58. The molecule has 0 rings (SSSR count). The Balaban J connectivity index is 0. The van der Waals surface area contributed by atoms with Gasteiger partial charge in [0.15, 0.2) is 0 Å². The van der Waals surface area contributed by atoms with Crippen molar-refractivity contribution in [1.82, 2.24) is 0 Å². The zero-order valence-corrected chi connectivity index (χ0v) is 11.1. The summed E-state index contributed by atoms with van der Waals surface area (Å²) < 4.78 is 0. The van der Waals surface area contributed by atoms with Crippen molar-refractivity contribution in [2.24, 2.45) is 0 Å². The van der Waals surface area contributed by atoms with Gasteiger partial charge in [0.25, 0.3) is 0 Å². The first-order chi connectivity index (χ1) is 5.18. The summed E-state index contributed by atoms with van der Waals surface area (Å²) in [5, 5.41) is -0.157. The van der Waals surface area contributed by atoms with E-state index in [0.29, 0.717) is 4.84 Å². The number of halogens is 3. The van der Waals surface area contributed by atoms with Crippen LogP contribution in [0, 0.1) is 4.84 Å². The largest absolute Gasteiger partial charge is 0.328 e. The van der Waals surface area contributed by atoms with Crippen molar-refractivity contribution in [2.45, 2.75) is 44.4 Å². The molecule has 0 radical (unpaired) electrons. The third kappa shape index (κ3) is 9.67. The first-order valence-corrected chi connectivity index (χ1v) is 5.19. The second-order valence-electron chi connectivity index (χ2n) is 2.61. The molecule has 1 atom stereocenters. The van der Waals surface area contributed by atoms with Crippen molar-refractivity contribution in [1.29, 1.82) is 0 Å². The van der Waals surface area contributed by atoms with Gasteiger partial charge in [-0.15, -0.1) is 4.84 Å². The van der Waals surface area contributed by atoms with Gasteiger partial charge in [-0.25, -0.2) is 0 Å². The normalized spacial score (nSPS) is 12.8. The van der Waals surface area contributed by atoms with Crippen LogP contribution in [0.4, 0.5) is 0 Å². The predicted molar refractivity (Wildman–Crippen MR) is 53.3 cm³/mol. The van der Waals surface area contributed by atoms with Gasteiger partial charge in [0.2, 0.25) is 0 Å². The van der Waals surface area contributed by atoms with E-state index in [1.54, 1.807) is 0 Å². The Morgan fingerprint density at radius 1 is 1.17 bits per heavy atom. The quantitative estimate of drug-likeness (QED) is 0.286. The molecule has 72 valence electrons. The van der Waals surface area contributed by atoms with E-state index in [-0.39, 0.29) is 27.1 Å². The van der Waals surface area contributed by atoms with Crippen LogP contribution in [0.5, 0.6) is 0 Å². The minimum Gasteiger partial charge on any atom is -0.328 e. The van der Waals surface area contributed by atoms with Gasteiger partial charge >= 0.3 is 0 Å². The van der Waals surface area contributed by atoms with Crippen molar-refractivity contribution in [3.05, 3.63) is 4.84 Å². The number of unbranched alkanes of at least 4 members (excludes halogenated alkanes) is 3. The molecule has 0 aromatic heterocycles. The Kier molecular flexibility index (Phi) is 14.2.